The van der Waals surface area contributed by atoms with E-state index in [-0.39, 0.29) is 11.7 Å². The Bertz CT molecular complexity index is 599. The van der Waals surface area contributed by atoms with E-state index in [1.165, 1.54) is 0 Å². The van der Waals surface area contributed by atoms with Crippen LogP contribution in [0, 0.1) is 11.6 Å². The van der Waals surface area contributed by atoms with Gasteiger partial charge in [-0.3, -0.25) is 0 Å². The fourth-order valence-corrected chi connectivity index (χ4v) is 3.16. The van der Waals surface area contributed by atoms with Crippen LogP contribution in [0.25, 0.3) is 0 Å². The van der Waals surface area contributed by atoms with Crippen molar-refractivity contribution in [2.75, 3.05) is 0 Å². The summed E-state index contributed by atoms with van der Waals surface area (Å²) in [6.07, 6.45) is 8.22. The molecule has 1 aromatic carbocycles. The van der Waals surface area contributed by atoms with E-state index in [1.807, 2.05) is 19.9 Å². The van der Waals surface area contributed by atoms with E-state index < -0.39 is 11.6 Å². The van der Waals surface area contributed by atoms with Crippen molar-refractivity contribution in [1.82, 2.24) is 0 Å². The predicted molar refractivity (Wildman–Crippen MR) is 89.1 cm³/mol. The van der Waals surface area contributed by atoms with E-state index >= 15 is 0 Å². The van der Waals surface area contributed by atoms with E-state index in [1.54, 1.807) is 18.2 Å². The molecule has 1 aliphatic carbocycles. The van der Waals surface area contributed by atoms with Crippen LogP contribution in [0.5, 0.6) is 0 Å². The van der Waals surface area contributed by atoms with E-state index in [9.17, 15) is 13.2 Å². The molecule has 0 radical (unpaired) electrons. The quantitative estimate of drug-likeness (QED) is 0.542. The average molecular weight is 322 g/mol. The Labute approximate surface area is 137 Å². The fourth-order valence-electron chi connectivity index (χ4n) is 3.16. The highest BCUT2D eigenvalue weighted by Crippen LogP contribution is 2.35. The minimum Gasteiger partial charge on any atom is -0.212 e. The molecule has 1 aliphatic rings. The van der Waals surface area contributed by atoms with E-state index in [0.29, 0.717) is 36.8 Å². The van der Waals surface area contributed by atoms with Gasteiger partial charge in [-0.15, -0.1) is 0 Å². The molecular formula is C20H25F3. The molecular weight excluding hydrogens is 297 g/mol. The predicted octanol–water partition coefficient (Wildman–Crippen LogP) is 6.76. The molecule has 0 bridgehead atoms. The van der Waals surface area contributed by atoms with Crippen molar-refractivity contribution in [3.05, 3.63) is 58.4 Å². The molecule has 0 fully saturated rings. The summed E-state index contributed by atoms with van der Waals surface area (Å²) < 4.78 is 42.0. The maximum atomic E-state index is 14.3. The van der Waals surface area contributed by atoms with Crippen molar-refractivity contribution >= 4 is 0 Å². The zero-order chi connectivity index (χ0) is 16.8. The minimum atomic E-state index is -0.703. The molecule has 0 aromatic heterocycles. The van der Waals surface area contributed by atoms with Gasteiger partial charge in [0.1, 0.15) is 5.83 Å². The van der Waals surface area contributed by atoms with Crippen LogP contribution in [-0.2, 0) is 6.42 Å². The first-order valence-corrected chi connectivity index (χ1v) is 8.58. The summed E-state index contributed by atoms with van der Waals surface area (Å²) in [7, 11) is 0. The van der Waals surface area contributed by atoms with E-state index in [2.05, 4.69) is 0 Å². The normalized spacial score (nSPS) is 18.9. The van der Waals surface area contributed by atoms with Crippen molar-refractivity contribution in [2.45, 2.75) is 64.7 Å². The van der Waals surface area contributed by atoms with Crippen molar-refractivity contribution < 1.29 is 13.2 Å². The van der Waals surface area contributed by atoms with E-state index in [0.717, 1.165) is 24.8 Å². The van der Waals surface area contributed by atoms with E-state index in [4.69, 9.17) is 0 Å². The van der Waals surface area contributed by atoms with Crippen LogP contribution in [0.2, 0.25) is 0 Å². The number of allylic oxidation sites excluding steroid dienone is 4. The molecule has 0 heterocycles. The lowest BCUT2D eigenvalue weighted by Gasteiger charge is -2.22. The monoisotopic (exact) mass is 322 g/mol. The third-order valence-electron chi connectivity index (χ3n) is 4.43. The second-order valence-corrected chi connectivity index (χ2v) is 6.28. The first-order valence-electron chi connectivity index (χ1n) is 8.58. The SMILES string of the molecule is CCCC(F)=CC1=CCC(c2ccc(CCC)c(F)c2F)CC1. The van der Waals surface area contributed by atoms with Crippen LogP contribution in [-0.4, -0.2) is 0 Å². The Kier molecular flexibility index (Phi) is 6.49. The molecule has 1 unspecified atom stereocenters. The van der Waals surface area contributed by atoms with Gasteiger partial charge in [0.2, 0.25) is 0 Å². The van der Waals surface area contributed by atoms with Crippen LogP contribution < -0.4 is 0 Å². The number of benzene rings is 1. The Morgan fingerprint density at radius 2 is 1.96 bits per heavy atom. The topological polar surface area (TPSA) is 0 Å². The van der Waals surface area contributed by atoms with Gasteiger partial charge in [-0.05, 0) is 67.2 Å². The lowest BCUT2D eigenvalue weighted by Crippen LogP contribution is -2.08. The molecule has 23 heavy (non-hydrogen) atoms. The standard InChI is InChI=1S/C20H25F3/c1-3-5-16-11-12-18(20(23)19(16)22)15-9-7-14(8-10-15)13-17(21)6-4-2/h7,11-13,15H,3-6,8-10H2,1-2H3. The summed E-state index contributed by atoms with van der Waals surface area (Å²) in [4.78, 5) is 0. The zero-order valence-electron chi connectivity index (χ0n) is 14.0. The number of rotatable bonds is 6. The molecule has 3 heteroatoms. The van der Waals surface area contributed by atoms with Gasteiger partial charge >= 0.3 is 0 Å². The second-order valence-electron chi connectivity index (χ2n) is 6.28. The number of hydrogen-bond acceptors (Lipinski definition) is 0. The third kappa shape index (κ3) is 4.49. The number of hydrogen-bond donors (Lipinski definition) is 0. The Balaban J connectivity index is 2.12. The van der Waals surface area contributed by atoms with Gasteiger partial charge < -0.3 is 0 Å². The molecule has 0 amide bonds. The second kappa shape index (κ2) is 8.37. The first kappa shape index (κ1) is 17.8. The van der Waals surface area contributed by atoms with Gasteiger partial charge in [-0.2, -0.15) is 0 Å². The molecule has 0 spiro atoms. The molecule has 2 rings (SSSR count). The molecule has 1 aromatic rings. The first-order chi connectivity index (χ1) is 11.1. The molecule has 0 aliphatic heterocycles. The maximum Gasteiger partial charge on any atom is 0.162 e. The highest BCUT2D eigenvalue weighted by Gasteiger charge is 2.22. The zero-order valence-corrected chi connectivity index (χ0v) is 14.0. The van der Waals surface area contributed by atoms with Crippen LogP contribution in [0.15, 0.2) is 35.7 Å². The van der Waals surface area contributed by atoms with Gasteiger partial charge in [-0.25, -0.2) is 13.2 Å². The smallest absolute Gasteiger partial charge is 0.162 e. The van der Waals surface area contributed by atoms with Crippen LogP contribution in [0.1, 0.15) is 69.4 Å². The summed E-state index contributed by atoms with van der Waals surface area (Å²) in [5, 5.41) is 0. The molecule has 0 nitrogen and oxygen atoms in total. The van der Waals surface area contributed by atoms with Gasteiger partial charge in [0.15, 0.2) is 11.6 Å². The average Bonchev–Trinajstić information content (AvgIpc) is 2.53. The summed E-state index contributed by atoms with van der Waals surface area (Å²) >= 11 is 0. The highest BCUT2D eigenvalue weighted by molar-refractivity contribution is 5.32. The van der Waals surface area contributed by atoms with Crippen molar-refractivity contribution in [3.63, 3.8) is 0 Å². The maximum absolute atomic E-state index is 14.3. The highest BCUT2D eigenvalue weighted by atomic mass is 19.2. The summed E-state index contributed by atoms with van der Waals surface area (Å²) in [6.45, 7) is 3.89. The largest absolute Gasteiger partial charge is 0.212 e. The number of halogens is 3. The molecule has 0 N–H and O–H groups in total. The van der Waals surface area contributed by atoms with Gasteiger partial charge in [0.05, 0.1) is 0 Å². The Hall–Kier alpha value is -1.51. The van der Waals surface area contributed by atoms with Crippen molar-refractivity contribution in [2.24, 2.45) is 0 Å². The molecule has 126 valence electrons. The van der Waals surface area contributed by atoms with Crippen LogP contribution >= 0.6 is 0 Å². The van der Waals surface area contributed by atoms with Crippen molar-refractivity contribution in [1.29, 1.82) is 0 Å². The van der Waals surface area contributed by atoms with Crippen molar-refractivity contribution in [3.8, 4) is 0 Å². The summed E-state index contributed by atoms with van der Waals surface area (Å²) in [5.74, 6) is -1.52. The lowest BCUT2D eigenvalue weighted by molar-refractivity contribution is 0.470. The molecule has 0 saturated carbocycles. The van der Waals surface area contributed by atoms with Crippen LogP contribution in [0.3, 0.4) is 0 Å². The Morgan fingerprint density at radius 1 is 1.17 bits per heavy atom. The minimum absolute atomic E-state index is 0.0217. The summed E-state index contributed by atoms with van der Waals surface area (Å²) in [6, 6.07) is 3.43. The van der Waals surface area contributed by atoms with Gasteiger partial charge in [-0.1, -0.05) is 38.5 Å². The summed E-state index contributed by atoms with van der Waals surface area (Å²) in [5.41, 5.74) is 1.87. The Morgan fingerprint density at radius 3 is 2.57 bits per heavy atom. The fraction of sp³-hybridized carbons (Fsp3) is 0.500. The lowest BCUT2D eigenvalue weighted by atomic mass is 9.83. The molecule has 0 saturated heterocycles. The van der Waals surface area contributed by atoms with Gasteiger partial charge in [0.25, 0.3) is 0 Å². The number of aryl methyl sites for hydroxylation is 1. The third-order valence-corrected chi connectivity index (χ3v) is 4.43. The van der Waals surface area contributed by atoms with Crippen LogP contribution in [0.4, 0.5) is 13.2 Å². The molecule has 1 atom stereocenters. The van der Waals surface area contributed by atoms with Gasteiger partial charge in [0, 0.05) is 0 Å².